The number of nitrogens with zero attached hydrogens (tertiary/aromatic N) is 1. The lowest BCUT2D eigenvalue weighted by atomic mass is 10.2. The number of rotatable bonds is 7. The number of nitrogens with one attached hydrogen (secondary N) is 2. The molecule has 0 atom stereocenters. The van der Waals surface area contributed by atoms with Crippen molar-refractivity contribution in [1.82, 2.24) is 15.6 Å². The molecule has 0 spiro atoms. The summed E-state index contributed by atoms with van der Waals surface area (Å²) < 4.78 is 18.9. The topological polar surface area (TPSA) is 80.3 Å². The number of halogens is 2. The molecular formula is C21H17ClFN3O3. The zero-order valence-electron chi connectivity index (χ0n) is 15.2. The Labute approximate surface area is 171 Å². The van der Waals surface area contributed by atoms with Crippen LogP contribution in [0.1, 0.15) is 15.9 Å². The van der Waals surface area contributed by atoms with Crippen LogP contribution in [0.2, 0.25) is 5.02 Å². The van der Waals surface area contributed by atoms with Crippen LogP contribution in [-0.2, 0) is 11.3 Å². The van der Waals surface area contributed by atoms with Crippen molar-refractivity contribution in [2.45, 2.75) is 6.54 Å². The summed E-state index contributed by atoms with van der Waals surface area (Å²) in [6.07, 6.45) is 1.53. The SMILES string of the molecule is O=C(CNC(=O)c1ccccc1Cl)NCc1cccnc1Oc1cccc(F)c1. The highest BCUT2D eigenvalue weighted by Gasteiger charge is 2.12. The standard InChI is InChI=1S/C21H17ClFN3O3/c22-18-9-2-1-8-17(18)20(28)26-13-19(27)25-12-14-5-4-10-24-21(14)29-16-7-3-6-15(23)11-16/h1-11H,12-13H2,(H,25,27)(H,26,28). The summed E-state index contributed by atoms with van der Waals surface area (Å²) in [6.45, 7) is -0.0936. The fraction of sp³-hybridized carbons (Fsp3) is 0.0952. The van der Waals surface area contributed by atoms with Crippen LogP contribution in [0.4, 0.5) is 4.39 Å². The molecular weight excluding hydrogens is 397 g/mol. The van der Waals surface area contributed by atoms with Gasteiger partial charge >= 0.3 is 0 Å². The highest BCUT2D eigenvalue weighted by molar-refractivity contribution is 6.33. The van der Waals surface area contributed by atoms with Crippen molar-refractivity contribution in [3.63, 3.8) is 0 Å². The van der Waals surface area contributed by atoms with Gasteiger partial charge in [0.1, 0.15) is 11.6 Å². The van der Waals surface area contributed by atoms with Gasteiger partial charge in [-0.3, -0.25) is 9.59 Å². The molecule has 0 aliphatic rings. The Bertz CT molecular complexity index is 1030. The molecule has 2 N–H and O–H groups in total. The van der Waals surface area contributed by atoms with Crippen molar-refractivity contribution in [2.24, 2.45) is 0 Å². The first-order valence-electron chi connectivity index (χ1n) is 8.69. The molecule has 8 heteroatoms. The first-order chi connectivity index (χ1) is 14.0. The molecule has 148 valence electrons. The minimum atomic E-state index is -0.442. The lowest BCUT2D eigenvalue weighted by molar-refractivity contribution is -0.120. The average molecular weight is 414 g/mol. The number of hydrogen-bond acceptors (Lipinski definition) is 4. The summed E-state index contributed by atoms with van der Waals surface area (Å²) in [5, 5.41) is 5.50. The molecule has 0 bridgehead atoms. The molecule has 1 heterocycles. The average Bonchev–Trinajstić information content (AvgIpc) is 2.72. The number of ether oxygens (including phenoxy) is 1. The van der Waals surface area contributed by atoms with Crippen molar-refractivity contribution >= 4 is 23.4 Å². The second-order valence-corrected chi connectivity index (χ2v) is 6.37. The van der Waals surface area contributed by atoms with E-state index < -0.39 is 17.6 Å². The first kappa shape index (κ1) is 20.3. The molecule has 0 saturated carbocycles. The van der Waals surface area contributed by atoms with Crippen LogP contribution in [0.5, 0.6) is 11.6 Å². The quantitative estimate of drug-likeness (QED) is 0.618. The lowest BCUT2D eigenvalue weighted by Crippen LogP contribution is -2.36. The summed E-state index contributed by atoms with van der Waals surface area (Å²) in [4.78, 5) is 28.3. The van der Waals surface area contributed by atoms with Crippen LogP contribution >= 0.6 is 11.6 Å². The Kier molecular flexibility index (Phi) is 6.76. The van der Waals surface area contributed by atoms with Gasteiger partial charge in [0.05, 0.1) is 17.1 Å². The van der Waals surface area contributed by atoms with E-state index in [1.165, 1.54) is 24.4 Å². The number of amides is 2. The van der Waals surface area contributed by atoms with E-state index in [2.05, 4.69) is 15.6 Å². The largest absolute Gasteiger partial charge is 0.439 e. The second-order valence-electron chi connectivity index (χ2n) is 5.97. The van der Waals surface area contributed by atoms with Gasteiger partial charge in [0, 0.05) is 24.4 Å². The molecule has 0 aliphatic carbocycles. The van der Waals surface area contributed by atoms with Crippen LogP contribution in [0.3, 0.4) is 0 Å². The fourth-order valence-electron chi connectivity index (χ4n) is 2.45. The zero-order valence-corrected chi connectivity index (χ0v) is 15.9. The summed E-state index contributed by atoms with van der Waals surface area (Å²) >= 11 is 5.96. The van der Waals surface area contributed by atoms with E-state index in [4.69, 9.17) is 16.3 Å². The highest BCUT2D eigenvalue weighted by Crippen LogP contribution is 2.23. The lowest BCUT2D eigenvalue weighted by Gasteiger charge is -2.11. The van der Waals surface area contributed by atoms with Crippen molar-refractivity contribution in [3.8, 4) is 11.6 Å². The van der Waals surface area contributed by atoms with Crippen molar-refractivity contribution in [2.75, 3.05) is 6.54 Å². The molecule has 0 aliphatic heterocycles. The Hall–Kier alpha value is -3.45. The third kappa shape index (κ3) is 5.76. The molecule has 2 aromatic carbocycles. The number of aromatic nitrogens is 1. The molecule has 29 heavy (non-hydrogen) atoms. The Balaban J connectivity index is 1.55. The molecule has 2 amide bonds. The zero-order chi connectivity index (χ0) is 20.6. The van der Waals surface area contributed by atoms with Crippen molar-refractivity contribution in [1.29, 1.82) is 0 Å². The predicted octanol–water partition coefficient (Wildman–Crippen LogP) is 3.71. The van der Waals surface area contributed by atoms with E-state index in [-0.39, 0.29) is 19.0 Å². The number of carbonyl (C=O) groups excluding carboxylic acids is 2. The van der Waals surface area contributed by atoms with Gasteiger partial charge in [-0.2, -0.15) is 0 Å². The van der Waals surface area contributed by atoms with Crippen LogP contribution < -0.4 is 15.4 Å². The minimum Gasteiger partial charge on any atom is -0.439 e. The van der Waals surface area contributed by atoms with Crippen LogP contribution in [0.25, 0.3) is 0 Å². The van der Waals surface area contributed by atoms with Gasteiger partial charge in [-0.1, -0.05) is 35.9 Å². The number of hydrogen-bond donors (Lipinski definition) is 2. The Morgan fingerprint density at radius 1 is 1.03 bits per heavy atom. The highest BCUT2D eigenvalue weighted by atomic mass is 35.5. The van der Waals surface area contributed by atoms with Gasteiger partial charge < -0.3 is 15.4 Å². The second kappa shape index (κ2) is 9.66. The third-order valence-corrected chi connectivity index (χ3v) is 4.19. The van der Waals surface area contributed by atoms with Crippen LogP contribution in [0, 0.1) is 5.82 Å². The summed E-state index contributed by atoms with van der Waals surface area (Å²) in [7, 11) is 0. The van der Waals surface area contributed by atoms with Gasteiger partial charge in [-0.05, 0) is 30.3 Å². The van der Waals surface area contributed by atoms with E-state index in [1.807, 2.05) is 0 Å². The fourth-order valence-corrected chi connectivity index (χ4v) is 2.67. The molecule has 1 aromatic heterocycles. The Morgan fingerprint density at radius 3 is 2.66 bits per heavy atom. The van der Waals surface area contributed by atoms with E-state index in [0.29, 0.717) is 21.9 Å². The van der Waals surface area contributed by atoms with Crippen LogP contribution in [-0.4, -0.2) is 23.3 Å². The molecule has 6 nitrogen and oxygen atoms in total. The summed E-state index contributed by atoms with van der Waals surface area (Å²) in [6, 6.07) is 15.7. The summed E-state index contributed by atoms with van der Waals surface area (Å²) in [5.74, 6) is -0.724. The Morgan fingerprint density at radius 2 is 1.86 bits per heavy atom. The smallest absolute Gasteiger partial charge is 0.253 e. The van der Waals surface area contributed by atoms with E-state index >= 15 is 0 Å². The number of carbonyl (C=O) groups is 2. The maximum Gasteiger partial charge on any atom is 0.253 e. The molecule has 0 fully saturated rings. The summed E-state index contributed by atoms with van der Waals surface area (Å²) in [5.41, 5.74) is 0.891. The van der Waals surface area contributed by atoms with Gasteiger partial charge in [-0.15, -0.1) is 0 Å². The first-order valence-corrected chi connectivity index (χ1v) is 9.07. The van der Waals surface area contributed by atoms with Gasteiger partial charge in [0.15, 0.2) is 0 Å². The maximum atomic E-state index is 13.3. The van der Waals surface area contributed by atoms with E-state index in [9.17, 15) is 14.0 Å². The normalized spacial score (nSPS) is 10.3. The molecule has 0 unspecified atom stereocenters. The number of benzene rings is 2. The minimum absolute atomic E-state index is 0.124. The van der Waals surface area contributed by atoms with E-state index in [0.717, 1.165) is 0 Å². The van der Waals surface area contributed by atoms with Crippen LogP contribution in [0.15, 0.2) is 66.9 Å². The molecule has 0 radical (unpaired) electrons. The monoisotopic (exact) mass is 413 g/mol. The van der Waals surface area contributed by atoms with Gasteiger partial charge in [0.2, 0.25) is 11.8 Å². The van der Waals surface area contributed by atoms with Gasteiger partial charge in [-0.25, -0.2) is 9.37 Å². The maximum absolute atomic E-state index is 13.3. The number of pyridine rings is 1. The van der Waals surface area contributed by atoms with Gasteiger partial charge in [0.25, 0.3) is 5.91 Å². The molecule has 0 saturated heterocycles. The van der Waals surface area contributed by atoms with Crippen molar-refractivity contribution in [3.05, 3.63) is 88.8 Å². The third-order valence-electron chi connectivity index (χ3n) is 3.86. The molecule has 3 aromatic rings. The predicted molar refractivity (Wildman–Crippen MR) is 106 cm³/mol. The van der Waals surface area contributed by atoms with Crippen molar-refractivity contribution < 1.29 is 18.7 Å². The van der Waals surface area contributed by atoms with E-state index in [1.54, 1.807) is 42.5 Å². The molecule has 3 rings (SSSR count).